The molecule has 114 valence electrons. The largest absolute Gasteiger partial charge is 0.417 e. The fraction of sp³-hybridized carbons (Fsp3) is 0.562. The van der Waals surface area contributed by atoms with E-state index in [0.717, 1.165) is 25.3 Å². The van der Waals surface area contributed by atoms with Crippen LogP contribution in [0.5, 0.6) is 0 Å². The summed E-state index contributed by atoms with van der Waals surface area (Å²) in [6.07, 6.45) is -1.25. The molecule has 3 atom stereocenters. The normalized spacial score (nSPS) is 26.2. The molecule has 0 spiro atoms. The molecule has 0 radical (unpaired) electrons. The van der Waals surface area contributed by atoms with Gasteiger partial charge in [0.1, 0.15) is 0 Å². The Morgan fingerprint density at radius 2 is 1.95 bits per heavy atom. The molecule has 5 heteroatoms. The number of nitrogens with zero attached hydrogens (tertiary/aromatic N) is 1. The summed E-state index contributed by atoms with van der Waals surface area (Å²) in [6.45, 7) is 4.38. The molecule has 1 aliphatic rings. The molecule has 1 saturated carbocycles. The van der Waals surface area contributed by atoms with Crippen molar-refractivity contribution in [1.82, 2.24) is 0 Å². The van der Waals surface area contributed by atoms with E-state index in [1.807, 2.05) is 0 Å². The van der Waals surface area contributed by atoms with Crippen LogP contribution in [0.1, 0.15) is 44.2 Å². The molecule has 1 aliphatic carbocycles. The van der Waals surface area contributed by atoms with Gasteiger partial charge in [-0.2, -0.15) is 18.4 Å². The van der Waals surface area contributed by atoms with E-state index < -0.39 is 11.7 Å². The highest BCUT2D eigenvalue weighted by atomic mass is 19.4. The van der Waals surface area contributed by atoms with Gasteiger partial charge in [0.25, 0.3) is 0 Å². The second-order valence-corrected chi connectivity index (χ2v) is 6.02. The molecule has 0 heterocycles. The summed E-state index contributed by atoms with van der Waals surface area (Å²) < 4.78 is 38.3. The van der Waals surface area contributed by atoms with Crippen molar-refractivity contribution in [2.75, 3.05) is 5.32 Å². The average molecular weight is 296 g/mol. The Morgan fingerprint density at radius 1 is 1.24 bits per heavy atom. The molecule has 1 aromatic rings. The molecule has 0 aromatic heterocycles. The van der Waals surface area contributed by atoms with Crippen molar-refractivity contribution in [2.45, 2.75) is 45.3 Å². The van der Waals surface area contributed by atoms with Crippen molar-refractivity contribution in [2.24, 2.45) is 11.8 Å². The number of anilines is 1. The number of rotatable bonds is 2. The molecule has 2 rings (SSSR count). The molecule has 1 N–H and O–H groups in total. The molecular weight excluding hydrogens is 277 g/mol. The van der Waals surface area contributed by atoms with Crippen molar-refractivity contribution in [3.05, 3.63) is 29.3 Å². The maximum atomic E-state index is 12.8. The van der Waals surface area contributed by atoms with Crippen molar-refractivity contribution >= 4 is 5.69 Å². The van der Waals surface area contributed by atoms with Crippen LogP contribution in [0, 0.1) is 23.2 Å². The van der Waals surface area contributed by atoms with E-state index >= 15 is 0 Å². The van der Waals surface area contributed by atoms with Crippen LogP contribution in [0.2, 0.25) is 0 Å². The van der Waals surface area contributed by atoms with Crippen molar-refractivity contribution < 1.29 is 13.2 Å². The fourth-order valence-electron chi connectivity index (χ4n) is 3.07. The number of nitrogens with one attached hydrogen (secondary N) is 1. The monoisotopic (exact) mass is 296 g/mol. The second kappa shape index (κ2) is 5.97. The Kier molecular flexibility index (Phi) is 4.46. The first-order valence-electron chi connectivity index (χ1n) is 7.19. The molecule has 2 nitrogen and oxygen atoms in total. The lowest BCUT2D eigenvalue weighted by atomic mass is 9.80. The summed E-state index contributed by atoms with van der Waals surface area (Å²) in [5.74, 6) is 1.17. The predicted molar refractivity (Wildman–Crippen MR) is 75.7 cm³/mol. The van der Waals surface area contributed by atoms with E-state index in [0.29, 0.717) is 17.5 Å². The van der Waals surface area contributed by atoms with Crippen LogP contribution in [0.4, 0.5) is 18.9 Å². The van der Waals surface area contributed by atoms with Crippen LogP contribution < -0.4 is 5.32 Å². The Hall–Kier alpha value is -1.70. The van der Waals surface area contributed by atoms with Gasteiger partial charge in [-0.1, -0.05) is 13.8 Å². The second-order valence-electron chi connectivity index (χ2n) is 6.02. The van der Waals surface area contributed by atoms with Gasteiger partial charge in [-0.15, -0.1) is 0 Å². The number of hydrogen-bond donors (Lipinski definition) is 1. The first-order chi connectivity index (χ1) is 9.81. The minimum absolute atomic E-state index is 0.254. The van der Waals surface area contributed by atoms with E-state index in [2.05, 4.69) is 19.2 Å². The molecule has 0 amide bonds. The Morgan fingerprint density at radius 3 is 2.52 bits per heavy atom. The number of benzene rings is 1. The summed E-state index contributed by atoms with van der Waals surface area (Å²) in [4.78, 5) is 0. The average Bonchev–Trinajstić information content (AvgIpc) is 2.40. The molecule has 0 bridgehead atoms. The highest BCUT2D eigenvalue weighted by molar-refractivity contribution is 5.54. The third kappa shape index (κ3) is 3.69. The summed E-state index contributed by atoms with van der Waals surface area (Å²) in [6, 6.07) is 5.59. The minimum atomic E-state index is -4.49. The summed E-state index contributed by atoms with van der Waals surface area (Å²) in [7, 11) is 0. The van der Waals surface area contributed by atoms with Crippen LogP contribution in [0.25, 0.3) is 0 Å². The summed E-state index contributed by atoms with van der Waals surface area (Å²) >= 11 is 0. The number of halogens is 3. The standard InChI is InChI=1S/C16H19F3N2/c1-10-3-6-15(11(2)7-10)21-13-4-5-14(16(17,18)19)12(8-13)9-20/h4-5,8,10-11,15,21H,3,6-7H2,1-2H3. The third-order valence-electron chi connectivity index (χ3n) is 4.23. The lowest BCUT2D eigenvalue weighted by molar-refractivity contribution is -0.137. The zero-order valence-electron chi connectivity index (χ0n) is 12.2. The van der Waals surface area contributed by atoms with Gasteiger partial charge in [0.05, 0.1) is 17.2 Å². The van der Waals surface area contributed by atoms with Gasteiger partial charge in [-0.25, -0.2) is 0 Å². The molecule has 21 heavy (non-hydrogen) atoms. The van der Waals surface area contributed by atoms with Gasteiger partial charge in [0.2, 0.25) is 0 Å². The molecular formula is C16H19F3N2. The first kappa shape index (κ1) is 15.7. The first-order valence-corrected chi connectivity index (χ1v) is 7.19. The van der Waals surface area contributed by atoms with Gasteiger partial charge in [0, 0.05) is 11.7 Å². The van der Waals surface area contributed by atoms with Crippen LogP contribution >= 0.6 is 0 Å². The van der Waals surface area contributed by atoms with Crippen LogP contribution in [0.3, 0.4) is 0 Å². The fourth-order valence-corrected chi connectivity index (χ4v) is 3.07. The van der Waals surface area contributed by atoms with Crippen LogP contribution in [-0.4, -0.2) is 6.04 Å². The van der Waals surface area contributed by atoms with Gasteiger partial charge >= 0.3 is 6.18 Å². The van der Waals surface area contributed by atoms with Crippen LogP contribution in [-0.2, 0) is 6.18 Å². The van der Waals surface area contributed by atoms with Crippen molar-refractivity contribution in [3.8, 4) is 6.07 Å². The van der Waals surface area contributed by atoms with E-state index in [4.69, 9.17) is 5.26 Å². The molecule has 0 saturated heterocycles. The Labute approximate surface area is 123 Å². The Balaban J connectivity index is 2.17. The molecule has 1 fully saturated rings. The Bertz CT molecular complexity index is 545. The number of hydrogen-bond acceptors (Lipinski definition) is 2. The minimum Gasteiger partial charge on any atom is -0.382 e. The highest BCUT2D eigenvalue weighted by Gasteiger charge is 2.33. The highest BCUT2D eigenvalue weighted by Crippen LogP contribution is 2.34. The lowest BCUT2D eigenvalue weighted by Crippen LogP contribution is -2.33. The molecule has 0 aliphatic heterocycles. The predicted octanol–water partition coefficient (Wildman–Crippen LogP) is 4.81. The zero-order valence-corrected chi connectivity index (χ0v) is 12.2. The van der Waals surface area contributed by atoms with E-state index in [1.54, 1.807) is 6.07 Å². The topological polar surface area (TPSA) is 35.8 Å². The summed E-state index contributed by atoms with van der Waals surface area (Å²) in [5, 5.41) is 12.2. The van der Waals surface area contributed by atoms with E-state index in [9.17, 15) is 13.2 Å². The van der Waals surface area contributed by atoms with Gasteiger partial charge in [0.15, 0.2) is 0 Å². The SMILES string of the molecule is CC1CCC(Nc2ccc(C(F)(F)F)c(C#N)c2)C(C)C1. The number of alkyl halides is 3. The van der Waals surface area contributed by atoms with Crippen LogP contribution in [0.15, 0.2) is 18.2 Å². The van der Waals surface area contributed by atoms with Gasteiger partial charge < -0.3 is 5.32 Å². The van der Waals surface area contributed by atoms with E-state index in [-0.39, 0.29) is 11.6 Å². The van der Waals surface area contributed by atoms with Crippen molar-refractivity contribution in [3.63, 3.8) is 0 Å². The van der Waals surface area contributed by atoms with Gasteiger partial charge in [-0.05, 0) is 49.3 Å². The number of nitriles is 1. The zero-order chi connectivity index (χ0) is 15.6. The molecule has 1 aromatic carbocycles. The van der Waals surface area contributed by atoms with Gasteiger partial charge in [-0.3, -0.25) is 0 Å². The lowest BCUT2D eigenvalue weighted by Gasteiger charge is -2.34. The maximum Gasteiger partial charge on any atom is 0.417 e. The molecule has 3 unspecified atom stereocenters. The van der Waals surface area contributed by atoms with E-state index in [1.165, 1.54) is 12.1 Å². The van der Waals surface area contributed by atoms with Crippen molar-refractivity contribution in [1.29, 1.82) is 5.26 Å². The third-order valence-corrected chi connectivity index (χ3v) is 4.23. The smallest absolute Gasteiger partial charge is 0.382 e. The quantitative estimate of drug-likeness (QED) is 0.849. The summed E-state index contributed by atoms with van der Waals surface area (Å²) in [5.41, 5.74) is -0.615. The maximum absolute atomic E-state index is 12.8.